The van der Waals surface area contributed by atoms with E-state index in [2.05, 4.69) is 34.7 Å². The SMILES string of the molecule is NNC(c1ccc2cccnc2c1)C1CCOC1. The first-order valence-corrected chi connectivity index (χ1v) is 6.27. The molecule has 2 heterocycles. The summed E-state index contributed by atoms with van der Waals surface area (Å²) in [5.41, 5.74) is 5.11. The van der Waals surface area contributed by atoms with Crippen molar-refractivity contribution in [2.45, 2.75) is 12.5 Å². The second-order valence-corrected chi connectivity index (χ2v) is 4.72. The quantitative estimate of drug-likeness (QED) is 0.637. The smallest absolute Gasteiger partial charge is 0.0705 e. The normalized spacial score (nSPS) is 21.3. The Hall–Kier alpha value is -1.49. The molecule has 1 aliphatic heterocycles. The van der Waals surface area contributed by atoms with E-state index in [0.717, 1.165) is 30.5 Å². The highest BCUT2D eigenvalue weighted by atomic mass is 16.5. The van der Waals surface area contributed by atoms with E-state index < -0.39 is 0 Å². The first kappa shape index (κ1) is 11.6. The van der Waals surface area contributed by atoms with Gasteiger partial charge in [0.15, 0.2) is 0 Å². The van der Waals surface area contributed by atoms with Crippen LogP contribution in [0.1, 0.15) is 18.0 Å². The van der Waals surface area contributed by atoms with Crippen LogP contribution in [0.5, 0.6) is 0 Å². The zero-order valence-corrected chi connectivity index (χ0v) is 10.2. The minimum absolute atomic E-state index is 0.138. The van der Waals surface area contributed by atoms with Crippen LogP contribution in [0.4, 0.5) is 0 Å². The predicted octanol–water partition coefficient (Wildman–Crippen LogP) is 1.78. The zero-order valence-electron chi connectivity index (χ0n) is 10.2. The van der Waals surface area contributed by atoms with E-state index in [4.69, 9.17) is 10.6 Å². The van der Waals surface area contributed by atoms with Gasteiger partial charge in [-0.2, -0.15) is 0 Å². The standard InChI is InChI=1S/C14H17N3O/c15-17-14(12-5-7-18-9-12)11-4-3-10-2-1-6-16-13(10)8-11/h1-4,6,8,12,14,17H,5,7,9,15H2. The van der Waals surface area contributed by atoms with Crippen LogP contribution in [0.2, 0.25) is 0 Å². The van der Waals surface area contributed by atoms with Crippen molar-refractivity contribution >= 4 is 10.9 Å². The Morgan fingerprint density at radius 2 is 2.33 bits per heavy atom. The van der Waals surface area contributed by atoms with Gasteiger partial charge in [-0.15, -0.1) is 0 Å². The number of hydrogen-bond acceptors (Lipinski definition) is 4. The molecule has 1 aromatic carbocycles. The molecular weight excluding hydrogens is 226 g/mol. The molecule has 4 nitrogen and oxygen atoms in total. The van der Waals surface area contributed by atoms with Crippen molar-refractivity contribution in [1.29, 1.82) is 0 Å². The van der Waals surface area contributed by atoms with Crippen LogP contribution in [0.3, 0.4) is 0 Å². The Kier molecular flexibility index (Phi) is 3.23. The van der Waals surface area contributed by atoms with E-state index in [9.17, 15) is 0 Å². The molecule has 1 aliphatic rings. The average molecular weight is 243 g/mol. The number of nitrogens with one attached hydrogen (secondary N) is 1. The number of hydrazine groups is 1. The summed E-state index contributed by atoms with van der Waals surface area (Å²) >= 11 is 0. The highest BCUT2D eigenvalue weighted by Gasteiger charge is 2.26. The van der Waals surface area contributed by atoms with Crippen molar-refractivity contribution in [1.82, 2.24) is 10.4 Å². The van der Waals surface area contributed by atoms with Gasteiger partial charge in [-0.1, -0.05) is 18.2 Å². The Balaban J connectivity index is 1.96. The van der Waals surface area contributed by atoms with Crippen molar-refractivity contribution in [3.8, 4) is 0 Å². The summed E-state index contributed by atoms with van der Waals surface area (Å²) < 4.78 is 5.44. The van der Waals surface area contributed by atoms with Crippen molar-refractivity contribution in [2.24, 2.45) is 11.8 Å². The molecule has 3 rings (SSSR count). The number of rotatable bonds is 3. The summed E-state index contributed by atoms with van der Waals surface area (Å²) in [5, 5.41) is 1.15. The summed E-state index contributed by atoms with van der Waals surface area (Å²) in [7, 11) is 0. The molecular formula is C14H17N3O. The van der Waals surface area contributed by atoms with Crippen molar-refractivity contribution in [2.75, 3.05) is 13.2 Å². The molecule has 0 spiro atoms. The van der Waals surface area contributed by atoms with Gasteiger partial charge in [0.25, 0.3) is 0 Å². The van der Waals surface area contributed by atoms with Gasteiger partial charge in [0.05, 0.1) is 18.2 Å². The highest BCUT2D eigenvalue weighted by Crippen LogP contribution is 2.29. The van der Waals surface area contributed by atoms with Crippen LogP contribution < -0.4 is 11.3 Å². The Morgan fingerprint density at radius 1 is 1.39 bits per heavy atom. The van der Waals surface area contributed by atoms with Crippen LogP contribution in [0, 0.1) is 5.92 Å². The lowest BCUT2D eigenvalue weighted by Gasteiger charge is -2.22. The third-order valence-corrected chi connectivity index (χ3v) is 3.60. The zero-order chi connectivity index (χ0) is 12.4. The summed E-state index contributed by atoms with van der Waals surface area (Å²) in [4.78, 5) is 4.39. The van der Waals surface area contributed by atoms with Gasteiger partial charge in [0.1, 0.15) is 0 Å². The number of fused-ring (bicyclic) bond motifs is 1. The van der Waals surface area contributed by atoms with E-state index in [1.165, 1.54) is 5.56 Å². The molecule has 3 N–H and O–H groups in total. The molecule has 18 heavy (non-hydrogen) atoms. The molecule has 2 atom stereocenters. The monoisotopic (exact) mass is 243 g/mol. The van der Waals surface area contributed by atoms with Gasteiger partial charge in [0.2, 0.25) is 0 Å². The molecule has 1 aromatic heterocycles. The topological polar surface area (TPSA) is 60.2 Å². The number of nitrogens with two attached hydrogens (primary N) is 1. The van der Waals surface area contributed by atoms with Gasteiger partial charge < -0.3 is 4.74 Å². The molecule has 0 bridgehead atoms. The Morgan fingerprint density at radius 3 is 3.11 bits per heavy atom. The molecule has 0 aliphatic carbocycles. The summed E-state index contributed by atoms with van der Waals surface area (Å²) in [6.07, 6.45) is 2.87. The van der Waals surface area contributed by atoms with E-state index in [-0.39, 0.29) is 6.04 Å². The van der Waals surface area contributed by atoms with Crippen molar-refractivity contribution in [3.05, 3.63) is 42.1 Å². The fraction of sp³-hybridized carbons (Fsp3) is 0.357. The van der Waals surface area contributed by atoms with Gasteiger partial charge in [0, 0.05) is 24.1 Å². The number of benzene rings is 1. The third-order valence-electron chi connectivity index (χ3n) is 3.60. The number of nitrogens with zero attached hydrogens (tertiary/aromatic N) is 1. The Bertz CT molecular complexity index is 537. The number of hydrogen-bond donors (Lipinski definition) is 2. The second kappa shape index (κ2) is 5.02. The fourth-order valence-electron chi connectivity index (χ4n) is 2.60. The number of aromatic nitrogens is 1. The van der Waals surface area contributed by atoms with E-state index in [1.807, 2.05) is 12.3 Å². The summed E-state index contributed by atoms with van der Waals surface area (Å²) in [6, 6.07) is 10.5. The maximum absolute atomic E-state index is 5.70. The molecule has 4 heteroatoms. The second-order valence-electron chi connectivity index (χ2n) is 4.72. The lowest BCUT2D eigenvalue weighted by Crippen LogP contribution is -2.33. The number of pyridine rings is 1. The lowest BCUT2D eigenvalue weighted by molar-refractivity contribution is 0.177. The molecule has 1 fully saturated rings. The first-order valence-electron chi connectivity index (χ1n) is 6.27. The maximum Gasteiger partial charge on any atom is 0.0705 e. The van der Waals surface area contributed by atoms with Gasteiger partial charge in [-0.3, -0.25) is 16.3 Å². The minimum atomic E-state index is 0.138. The Labute approximate surface area is 106 Å². The van der Waals surface area contributed by atoms with Crippen LogP contribution >= 0.6 is 0 Å². The maximum atomic E-state index is 5.70. The van der Waals surface area contributed by atoms with Crippen LogP contribution in [-0.2, 0) is 4.74 Å². The van der Waals surface area contributed by atoms with Crippen LogP contribution in [-0.4, -0.2) is 18.2 Å². The highest BCUT2D eigenvalue weighted by molar-refractivity contribution is 5.79. The molecule has 0 amide bonds. The van der Waals surface area contributed by atoms with Gasteiger partial charge >= 0.3 is 0 Å². The molecule has 94 valence electrons. The lowest BCUT2D eigenvalue weighted by atomic mass is 9.92. The van der Waals surface area contributed by atoms with Crippen LogP contribution in [0.25, 0.3) is 10.9 Å². The molecule has 2 aromatic rings. The molecule has 1 saturated heterocycles. The van der Waals surface area contributed by atoms with Gasteiger partial charge in [-0.05, 0) is 24.1 Å². The van der Waals surface area contributed by atoms with E-state index in [1.54, 1.807) is 0 Å². The van der Waals surface area contributed by atoms with E-state index >= 15 is 0 Å². The minimum Gasteiger partial charge on any atom is -0.381 e. The number of ether oxygens (including phenoxy) is 1. The van der Waals surface area contributed by atoms with Crippen molar-refractivity contribution in [3.63, 3.8) is 0 Å². The van der Waals surface area contributed by atoms with Crippen LogP contribution in [0.15, 0.2) is 36.5 Å². The van der Waals surface area contributed by atoms with Crippen molar-refractivity contribution < 1.29 is 4.74 Å². The largest absolute Gasteiger partial charge is 0.381 e. The van der Waals surface area contributed by atoms with Gasteiger partial charge in [-0.25, -0.2) is 0 Å². The molecule has 2 unspecified atom stereocenters. The fourth-order valence-corrected chi connectivity index (χ4v) is 2.60. The average Bonchev–Trinajstić information content (AvgIpc) is 2.93. The third kappa shape index (κ3) is 2.10. The summed E-state index contributed by atoms with van der Waals surface area (Å²) in [6.45, 7) is 1.60. The first-order chi connectivity index (χ1) is 8.88. The predicted molar refractivity (Wildman–Crippen MR) is 70.7 cm³/mol. The molecule has 0 radical (unpaired) electrons. The van der Waals surface area contributed by atoms with E-state index in [0.29, 0.717) is 5.92 Å². The molecule has 0 saturated carbocycles. The summed E-state index contributed by atoms with van der Waals surface area (Å²) in [5.74, 6) is 6.14.